The molecular weight excluding hydrogens is 251 g/mol. The van der Waals surface area contributed by atoms with E-state index in [9.17, 15) is 5.11 Å². The van der Waals surface area contributed by atoms with Gasteiger partial charge in [0.1, 0.15) is 0 Å². The Hall–Kier alpha value is -0.0500. The lowest BCUT2D eigenvalue weighted by atomic mass is 9.99. The van der Waals surface area contributed by atoms with Crippen LogP contribution in [0.4, 0.5) is 0 Å². The van der Waals surface area contributed by atoms with Crippen molar-refractivity contribution in [1.29, 1.82) is 0 Å². The Morgan fingerprint density at radius 2 is 2.00 bits per heavy atom. The largest absolute Gasteiger partial charge is 0.388 e. The fraction of sp³-hybridized carbons (Fsp3) is 0.400. The Bertz CT molecular complexity index is 279. The minimum absolute atomic E-state index is 0.163. The molecular formula is C10H12BrClO. The van der Waals surface area contributed by atoms with Crippen LogP contribution in [-0.2, 0) is 0 Å². The molecule has 0 saturated heterocycles. The third-order valence-electron chi connectivity index (χ3n) is 1.93. The molecule has 1 aromatic rings. The maximum Gasteiger partial charge on any atom is 0.0838 e. The zero-order valence-electron chi connectivity index (χ0n) is 7.59. The van der Waals surface area contributed by atoms with Crippen LogP contribution in [0, 0.1) is 5.92 Å². The van der Waals surface area contributed by atoms with E-state index >= 15 is 0 Å². The Labute approximate surface area is 91.9 Å². The highest BCUT2D eigenvalue weighted by atomic mass is 79.9. The Morgan fingerprint density at radius 1 is 1.38 bits per heavy atom. The van der Waals surface area contributed by atoms with Crippen LogP contribution in [0.15, 0.2) is 22.7 Å². The third kappa shape index (κ3) is 2.46. The average Bonchev–Trinajstić information content (AvgIpc) is 2.03. The molecule has 0 aliphatic rings. The molecule has 1 aromatic carbocycles. The third-order valence-corrected chi connectivity index (χ3v) is 2.95. The number of halogens is 2. The van der Waals surface area contributed by atoms with Gasteiger partial charge in [-0.2, -0.15) is 0 Å². The van der Waals surface area contributed by atoms with Gasteiger partial charge in [0, 0.05) is 15.1 Å². The molecule has 0 heterocycles. The number of benzene rings is 1. The highest BCUT2D eigenvalue weighted by molar-refractivity contribution is 9.10. The molecule has 0 spiro atoms. The van der Waals surface area contributed by atoms with E-state index in [0.29, 0.717) is 5.02 Å². The predicted molar refractivity (Wildman–Crippen MR) is 58.9 cm³/mol. The molecule has 0 amide bonds. The van der Waals surface area contributed by atoms with Gasteiger partial charge in [-0.15, -0.1) is 0 Å². The SMILES string of the molecule is CC(C)C(O)c1c(Cl)cccc1Br. The fourth-order valence-corrected chi connectivity index (χ4v) is 2.13. The highest BCUT2D eigenvalue weighted by Gasteiger charge is 2.17. The van der Waals surface area contributed by atoms with Gasteiger partial charge in [0.2, 0.25) is 0 Å². The summed E-state index contributed by atoms with van der Waals surface area (Å²) in [6.45, 7) is 3.92. The summed E-state index contributed by atoms with van der Waals surface area (Å²) in [7, 11) is 0. The lowest BCUT2D eigenvalue weighted by molar-refractivity contribution is 0.126. The van der Waals surface area contributed by atoms with Crippen molar-refractivity contribution >= 4 is 27.5 Å². The molecule has 0 saturated carbocycles. The standard InChI is InChI=1S/C10H12BrClO/c1-6(2)10(13)9-7(11)4-3-5-8(9)12/h3-6,10,13H,1-2H3. The van der Waals surface area contributed by atoms with Crippen LogP contribution in [0.2, 0.25) is 5.02 Å². The van der Waals surface area contributed by atoms with Crippen LogP contribution in [-0.4, -0.2) is 5.11 Å². The number of hydrogen-bond donors (Lipinski definition) is 1. The monoisotopic (exact) mass is 262 g/mol. The summed E-state index contributed by atoms with van der Waals surface area (Å²) in [4.78, 5) is 0. The van der Waals surface area contributed by atoms with Crippen LogP contribution in [0.3, 0.4) is 0 Å². The van der Waals surface area contributed by atoms with E-state index in [1.165, 1.54) is 0 Å². The van der Waals surface area contributed by atoms with Gasteiger partial charge in [0.25, 0.3) is 0 Å². The quantitative estimate of drug-likeness (QED) is 0.861. The first kappa shape index (κ1) is 11.0. The Balaban J connectivity index is 3.12. The molecule has 0 radical (unpaired) electrons. The van der Waals surface area contributed by atoms with E-state index in [1.807, 2.05) is 26.0 Å². The highest BCUT2D eigenvalue weighted by Crippen LogP contribution is 2.33. The van der Waals surface area contributed by atoms with Crippen LogP contribution >= 0.6 is 27.5 Å². The second-order valence-corrected chi connectivity index (χ2v) is 4.59. The van der Waals surface area contributed by atoms with Crippen LogP contribution < -0.4 is 0 Å². The molecule has 1 nitrogen and oxygen atoms in total. The number of rotatable bonds is 2. The van der Waals surface area contributed by atoms with Gasteiger partial charge >= 0.3 is 0 Å². The Kier molecular flexibility index (Phi) is 3.77. The van der Waals surface area contributed by atoms with Crippen molar-refractivity contribution in [3.8, 4) is 0 Å². The van der Waals surface area contributed by atoms with E-state index in [0.717, 1.165) is 10.0 Å². The minimum atomic E-state index is -0.511. The molecule has 0 bridgehead atoms. The molecule has 0 aliphatic heterocycles. The fourth-order valence-electron chi connectivity index (χ4n) is 1.13. The molecule has 1 unspecified atom stereocenters. The van der Waals surface area contributed by atoms with Crippen molar-refractivity contribution in [3.63, 3.8) is 0 Å². The summed E-state index contributed by atoms with van der Waals surface area (Å²) in [5.41, 5.74) is 0.777. The lowest BCUT2D eigenvalue weighted by Crippen LogP contribution is -2.06. The number of aliphatic hydroxyl groups is 1. The normalized spacial score (nSPS) is 13.4. The molecule has 1 atom stereocenters. The van der Waals surface area contributed by atoms with E-state index in [2.05, 4.69) is 15.9 Å². The van der Waals surface area contributed by atoms with Gasteiger partial charge in [-0.25, -0.2) is 0 Å². The molecule has 0 aromatic heterocycles. The summed E-state index contributed by atoms with van der Waals surface area (Å²) in [6.07, 6.45) is -0.511. The van der Waals surface area contributed by atoms with Gasteiger partial charge in [0.15, 0.2) is 0 Å². The Morgan fingerprint density at radius 3 is 2.46 bits per heavy atom. The van der Waals surface area contributed by atoms with Crippen LogP contribution in [0.25, 0.3) is 0 Å². The van der Waals surface area contributed by atoms with E-state index in [4.69, 9.17) is 11.6 Å². The molecule has 0 aliphatic carbocycles. The number of hydrogen-bond acceptors (Lipinski definition) is 1. The van der Waals surface area contributed by atoms with Crippen molar-refractivity contribution in [2.75, 3.05) is 0 Å². The van der Waals surface area contributed by atoms with Gasteiger partial charge in [-0.3, -0.25) is 0 Å². The molecule has 1 rings (SSSR count). The summed E-state index contributed by atoms with van der Waals surface area (Å²) in [6, 6.07) is 5.52. The predicted octanol–water partition coefficient (Wildman–Crippen LogP) is 3.79. The lowest BCUT2D eigenvalue weighted by Gasteiger charge is -2.17. The molecule has 3 heteroatoms. The minimum Gasteiger partial charge on any atom is -0.388 e. The first-order valence-corrected chi connectivity index (χ1v) is 5.33. The summed E-state index contributed by atoms with van der Waals surface area (Å²) in [5, 5.41) is 10.5. The van der Waals surface area contributed by atoms with Crippen molar-refractivity contribution in [3.05, 3.63) is 33.3 Å². The number of aliphatic hydroxyl groups excluding tert-OH is 1. The molecule has 13 heavy (non-hydrogen) atoms. The summed E-state index contributed by atoms with van der Waals surface area (Å²) < 4.78 is 0.862. The van der Waals surface area contributed by atoms with Crippen molar-refractivity contribution < 1.29 is 5.11 Å². The van der Waals surface area contributed by atoms with Crippen LogP contribution in [0.1, 0.15) is 25.5 Å². The van der Waals surface area contributed by atoms with Crippen molar-refractivity contribution in [2.24, 2.45) is 5.92 Å². The maximum atomic E-state index is 9.85. The maximum absolute atomic E-state index is 9.85. The second-order valence-electron chi connectivity index (χ2n) is 3.32. The van der Waals surface area contributed by atoms with E-state index in [-0.39, 0.29) is 5.92 Å². The summed E-state index contributed by atoms with van der Waals surface area (Å²) >= 11 is 9.35. The van der Waals surface area contributed by atoms with Gasteiger partial charge in [-0.05, 0) is 18.1 Å². The van der Waals surface area contributed by atoms with Crippen molar-refractivity contribution in [1.82, 2.24) is 0 Å². The zero-order valence-corrected chi connectivity index (χ0v) is 9.93. The topological polar surface area (TPSA) is 20.2 Å². The van der Waals surface area contributed by atoms with Gasteiger partial charge in [0.05, 0.1) is 6.10 Å². The van der Waals surface area contributed by atoms with E-state index < -0.39 is 6.10 Å². The van der Waals surface area contributed by atoms with Crippen LogP contribution in [0.5, 0.6) is 0 Å². The average molecular weight is 264 g/mol. The second kappa shape index (κ2) is 4.45. The first-order valence-electron chi connectivity index (χ1n) is 4.16. The van der Waals surface area contributed by atoms with Crippen molar-refractivity contribution in [2.45, 2.75) is 20.0 Å². The molecule has 1 N–H and O–H groups in total. The summed E-state index contributed by atoms with van der Waals surface area (Å²) in [5.74, 6) is 0.163. The van der Waals surface area contributed by atoms with Gasteiger partial charge < -0.3 is 5.11 Å². The smallest absolute Gasteiger partial charge is 0.0838 e. The van der Waals surface area contributed by atoms with E-state index in [1.54, 1.807) is 6.07 Å². The first-order chi connectivity index (χ1) is 6.04. The zero-order chi connectivity index (χ0) is 10.0. The molecule has 0 fully saturated rings. The van der Waals surface area contributed by atoms with Gasteiger partial charge in [-0.1, -0.05) is 47.4 Å². The molecule has 72 valence electrons.